The minimum atomic E-state index is -0.655. The maximum atomic E-state index is 13.0. The van der Waals surface area contributed by atoms with E-state index in [0.29, 0.717) is 34.3 Å². The second kappa shape index (κ2) is 10.9. The number of ether oxygens (including phenoxy) is 1. The van der Waals surface area contributed by atoms with Crippen molar-refractivity contribution in [3.8, 4) is 0 Å². The fraction of sp³-hybridized carbons (Fsp3) is 0.385. The van der Waals surface area contributed by atoms with Crippen molar-refractivity contribution in [3.05, 3.63) is 82.0 Å². The molecule has 6 nitrogen and oxygen atoms in total. The molecule has 2 heterocycles. The van der Waals surface area contributed by atoms with Crippen LogP contribution in [0.25, 0.3) is 0 Å². The van der Waals surface area contributed by atoms with Crippen molar-refractivity contribution in [1.29, 1.82) is 0 Å². The number of piperidine rings is 1. The molecule has 1 saturated heterocycles. The van der Waals surface area contributed by atoms with Gasteiger partial charge in [0, 0.05) is 17.3 Å². The first kappa shape index (κ1) is 23.3. The highest BCUT2D eigenvalue weighted by Gasteiger charge is 2.35. The molecule has 2 aromatic rings. The van der Waals surface area contributed by atoms with Crippen LogP contribution in [-0.2, 0) is 16.0 Å². The molecule has 33 heavy (non-hydrogen) atoms. The van der Waals surface area contributed by atoms with Gasteiger partial charge >= 0.3 is 12.0 Å². The Hall–Kier alpha value is -2.83. The van der Waals surface area contributed by atoms with Gasteiger partial charge < -0.3 is 15.4 Å². The molecule has 1 atom stereocenters. The number of nitrogens with zero attached hydrogens (tertiary/aromatic N) is 1. The lowest BCUT2D eigenvalue weighted by molar-refractivity contribution is -0.139. The number of amides is 2. The van der Waals surface area contributed by atoms with Gasteiger partial charge in [0.15, 0.2) is 0 Å². The van der Waals surface area contributed by atoms with Crippen LogP contribution in [0.5, 0.6) is 0 Å². The summed E-state index contributed by atoms with van der Waals surface area (Å²) in [6.07, 6.45) is 3.24. The average Bonchev–Trinajstić information content (AvgIpc) is 2.81. The SMILES string of the molecule is CCOC(=O)C1=C(CN2CCC(Cc3ccccc3)CC2)NC(=O)N[C@@H]1c1ccccc1Cl. The van der Waals surface area contributed by atoms with Gasteiger partial charge in [0.25, 0.3) is 0 Å². The summed E-state index contributed by atoms with van der Waals surface area (Å²) in [6.45, 7) is 4.34. The van der Waals surface area contributed by atoms with Crippen LogP contribution in [-0.4, -0.2) is 43.1 Å². The van der Waals surface area contributed by atoms with E-state index >= 15 is 0 Å². The van der Waals surface area contributed by atoms with Crippen molar-refractivity contribution in [2.45, 2.75) is 32.2 Å². The van der Waals surface area contributed by atoms with Crippen LogP contribution in [0, 0.1) is 5.92 Å². The van der Waals surface area contributed by atoms with Gasteiger partial charge in [0.1, 0.15) is 0 Å². The van der Waals surface area contributed by atoms with Crippen molar-refractivity contribution in [3.63, 3.8) is 0 Å². The van der Waals surface area contributed by atoms with Crippen LogP contribution >= 0.6 is 11.6 Å². The monoisotopic (exact) mass is 467 g/mol. The van der Waals surface area contributed by atoms with E-state index in [2.05, 4.69) is 39.8 Å². The van der Waals surface area contributed by atoms with E-state index < -0.39 is 12.0 Å². The zero-order valence-electron chi connectivity index (χ0n) is 18.9. The van der Waals surface area contributed by atoms with E-state index in [1.807, 2.05) is 24.3 Å². The highest BCUT2D eigenvalue weighted by atomic mass is 35.5. The quantitative estimate of drug-likeness (QED) is 0.589. The number of hydrogen-bond acceptors (Lipinski definition) is 4. The normalized spacial score (nSPS) is 19.7. The van der Waals surface area contributed by atoms with Gasteiger partial charge in [0.2, 0.25) is 0 Å². The zero-order valence-corrected chi connectivity index (χ0v) is 19.6. The van der Waals surface area contributed by atoms with Gasteiger partial charge in [-0.2, -0.15) is 0 Å². The Morgan fingerprint density at radius 1 is 1.09 bits per heavy atom. The Kier molecular flexibility index (Phi) is 7.68. The number of carbonyl (C=O) groups is 2. The van der Waals surface area contributed by atoms with Gasteiger partial charge in [-0.15, -0.1) is 0 Å². The first-order valence-electron chi connectivity index (χ1n) is 11.5. The maximum absolute atomic E-state index is 13.0. The first-order valence-corrected chi connectivity index (χ1v) is 11.9. The number of likely N-dealkylation sites (tertiary alicyclic amines) is 1. The van der Waals surface area contributed by atoms with Gasteiger partial charge in [-0.25, -0.2) is 9.59 Å². The van der Waals surface area contributed by atoms with E-state index in [1.165, 1.54) is 5.56 Å². The predicted octanol–water partition coefficient (Wildman–Crippen LogP) is 4.47. The lowest BCUT2D eigenvalue weighted by Gasteiger charge is -2.35. The molecule has 2 aliphatic heterocycles. The smallest absolute Gasteiger partial charge is 0.338 e. The van der Waals surface area contributed by atoms with Gasteiger partial charge in [-0.05, 0) is 62.4 Å². The largest absolute Gasteiger partial charge is 0.463 e. The average molecular weight is 468 g/mol. The Labute approximate surface area is 199 Å². The van der Waals surface area contributed by atoms with Crippen LogP contribution < -0.4 is 10.6 Å². The summed E-state index contributed by atoms with van der Waals surface area (Å²) in [6, 6.07) is 16.8. The summed E-state index contributed by atoms with van der Waals surface area (Å²) in [4.78, 5) is 27.8. The molecule has 0 aliphatic carbocycles. The summed E-state index contributed by atoms with van der Waals surface area (Å²) in [5.41, 5.74) is 3.05. The molecule has 0 saturated carbocycles. The van der Waals surface area contributed by atoms with Gasteiger partial charge in [-0.3, -0.25) is 4.90 Å². The molecule has 7 heteroatoms. The fourth-order valence-corrected chi connectivity index (χ4v) is 4.90. The summed E-state index contributed by atoms with van der Waals surface area (Å²) in [5, 5.41) is 6.21. The van der Waals surface area contributed by atoms with Crippen molar-refractivity contribution in [2.24, 2.45) is 5.92 Å². The summed E-state index contributed by atoms with van der Waals surface area (Å²) in [5.74, 6) is 0.199. The molecule has 4 rings (SSSR count). The molecule has 174 valence electrons. The molecule has 2 aliphatic rings. The number of halogens is 1. The Morgan fingerprint density at radius 2 is 1.79 bits per heavy atom. The van der Waals surface area contributed by atoms with Crippen LogP contribution in [0.1, 0.15) is 36.9 Å². The van der Waals surface area contributed by atoms with Gasteiger partial charge in [-0.1, -0.05) is 60.1 Å². The number of benzene rings is 2. The molecule has 0 spiro atoms. The highest BCUT2D eigenvalue weighted by molar-refractivity contribution is 6.31. The van der Waals surface area contributed by atoms with Crippen LogP contribution in [0.3, 0.4) is 0 Å². The van der Waals surface area contributed by atoms with Gasteiger partial charge in [0.05, 0.1) is 18.2 Å². The molecule has 0 unspecified atom stereocenters. The Bertz CT molecular complexity index is 1020. The molecule has 1 fully saturated rings. The van der Waals surface area contributed by atoms with Crippen LogP contribution in [0.2, 0.25) is 5.02 Å². The van der Waals surface area contributed by atoms with Crippen LogP contribution in [0.15, 0.2) is 65.9 Å². The molecule has 2 N–H and O–H groups in total. The summed E-state index contributed by atoms with van der Waals surface area (Å²) >= 11 is 6.42. The third kappa shape index (κ3) is 5.75. The number of nitrogens with one attached hydrogen (secondary N) is 2. The van der Waals surface area contributed by atoms with Crippen LogP contribution in [0.4, 0.5) is 4.79 Å². The third-order valence-electron chi connectivity index (χ3n) is 6.32. The molecule has 2 amide bonds. The Morgan fingerprint density at radius 3 is 2.48 bits per heavy atom. The molecular formula is C26H30ClN3O3. The molecule has 0 bridgehead atoms. The maximum Gasteiger partial charge on any atom is 0.338 e. The number of esters is 1. The number of carbonyl (C=O) groups excluding carboxylic acids is 2. The Balaban J connectivity index is 1.52. The zero-order chi connectivity index (χ0) is 23.2. The standard InChI is InChI=1S/C26H30ClN3O3/c1-2-33-25(31)23-22(28-26(32)29-24(23)20-10-6-7-11-21(20)27)17-30-14-12-19(13-15-30)16-18-8-4-3-5-9-18/h3-11,19,24H,2,12-17H2,1H3,(H2,28,29,32)/t24-/m1/s1. The second-order valence-corrected chi connectivity index (χ2v) is 8.98. The minimum Gasteiger partial charge on any atom is -0.463 e. The van der Waals surface area contributed by atoms with Crippen molar-refractivity contribution in [1.82, 2.24) is 15.5 Å². The number of hydrogen-bond donors (Lipinski definition) is 2. The lowest BCUT2D eigenvalue weighted by atomic mass is 9.89. The van der Waals surface area contributed by atoms with Crippen molar-refractivity contribution < 1.29 is 14.3 Å². The molecular weight excluding hydrogens is 438 g/mol. The lowest BCUT2D eigenvalue weighted by Crippen LogP contribution is -2.49. The van der Waals surface area contributed by atoms with E-state index in [9.17, 15) is 9.59 Å². The van der Waals surface area contributed by atoms with Crippen molar-refractivity contribution in [2.75, 3.05) is 26.2 Å². The minimum absolute atomic E-state index is 0.254. The number of urea groups is 1. The molecule has 2 aromatic carbocycles. The van der Waals surface area contributed by atoms with Crippen molar-refractivity contribution >= 4 is 23.6 Å². The van der Waals surface area contributed by atoms with E-state index in [-0.39, 0.29) is 12.6 Å². The highest BCUT2D eigenvalue weighted by Crippen LogP contribution is 2.33. The first-order chi connectivity index (χ1) is 16.0. The van der Waals surface area contributed by atoms with E-state index in [0.717, 1.165) is 32.4 Å². The number of rotatable bonds is 7. The predicted molar refractivity (Wildman–Crippen MR) is 129 cm³/mol. The fourth-order valence-electron chi connectivity index (χ4n) is 4.65. The van der Waals surface area contributed by atoms with E-state index in [1.54, 1.807) is 13.0 Å². The molecule has 0 aromatic heterocycles. The third-order valence-corrected chi connectivity index (χ3v) is 6.67. The summed E-state index contributed by atoms with van der Waals surface area (Å²) in [7, 11) is 0. The second-order valence-electron chi connectivity index (χ2n) is 8.57. The van der Waals surface area contributed by atoms with E-state index in [4.69, 9.17) is 16.3 Å². The molecule has 0 radical (unpaired) electrons. The topological polar surface area (TPSA) is 70.7 Å². The summed E-state index contributed by atoms with van der Waals surface area (Å²) < 4.78 is 5.36.